The van der Waals surface area contributed by atoms with E-state index in [0.717, 1.165) is 31.2 Å². The zero-order valence-electron chi connectivity index (χ0n) is 14.3. The lowest BCUT2D eigenvalue weighted by atomic mass is 10.1. The quantitative estimate of drug-likeness (QED) is 0.901. The van der Waals surface area contributed by atoms with Crippen molar-refractivity contribution in [2.75, 3.05) is 32.1 Å². The van der Waals surface area contributed by atoms with Gasteiger partial charge < -0.3 is 15.0 Å². The number of aromatic nitrogens is 2. The second kappa shape index (κ2) is 7.57. The SMILES string of the molecule is CN(C)c1nc(-c2ccc(C(=O)NC[C@@H]3CCCO3)cc2)ncc1F. The average Bonchev–Trinajstić information content (AvgIpc) is 3.13. The van der Waals surface area contributed by atoms with Crippen LogP contribution in [-0.4, -0.2) is 49.2 Å². The molecule has 1 aliphatic rings. The number of hydrogen-bond donors (Lipinski definition) is 1. The molecule has 0 radical (unpaired) electrons. The van der Waals surface area contributed by atoms with Crippen molar-refractivity contribution >= 4 is 11.7 Å². The Hall–Kier alpha value is -2.54. The highest BCUT2D eigenvalue weighted by molar-refractivity contribution is 5.94. The molecule has 1 saturated heterocycles. The van der Waals surface area contributed by atoms with Gasteiger partial charge in [-0.3, -0.25) is 4.79 Å². The normalized spacial score (nSPS) is 16.7. The van der Waals surface area contributed by atoms with Crippen LogP contribution in [0.15, 0.2) is 30.5 Å². The topological polar surface area (TPSA) is 67.4 Å². The number of ether oxygens (including phenoxy) is 1. The first-order chi connectivity index (χ1) is 12.0. The molecule has 1 N–H and O–H groups in total. The Morgan fingerprint density at radius 3 is 2.76 bits per heavy atom. The largest absolute Gasteiger partial charge is 0.376 e. The number of carbonyl (C=O) groups is 1. The number of hydrogen-bond acceptors (Lipinski definition) is 5. The molecule has 132 valence electrons. The fraction of sp³-hybridized carbons (Fsp3) is 0.389. The molecule has 1 atom stereocenters. The number of nitrogens with zero attached hydrogens (tertiary/aromatic N) is 3. The number of carbonyl (C=O) groups excluding carboxylic acids is 1. The number of halogens is 1. The van der Waals surface area contributed by atoms with Crippen LogP contribution in [-0.2, 0) is 4.74 Å². The molecular formula is C18H21FN4O2. The zero-order chi connectivity index (χ0) is 17.8. The first kappa shape index (κ1) is 17.3. The third-order valence-corrected chi connectivity index (χ3v) is 4.07. The van der Waals surface area contributed by atoms with Crippen molar-refractivity contribution in [3.63, 3.8) is 0 Å². The molecule has 0 aliphatic carbocycles. The predicted molar refractivity (Wildman–Crippen MR) is 93.1 cm³/mol. The third kappa shape index (κ3) is 4.11. The first-order valence-electron chi connectivity index (χ1n) is 8.24. The van der Waals surface area contributed by atoms with Crippen LogP contribution in [0.5, 0.6) is 0 Å². The van der Waals surface area contributed by atoms with Gasteiger partial charge in [-0.25, -0.2) is 14.4 Å². The van der Waals surface area contributed by atoms with E-state index in [9.17, 15) is 9.18 Å². The third-order valence-electron chi connectivity index (χ3n) is 4.07. The van der Waals surface area contributed by atoms with Crippen molar-refractivity contribution in [3.05, 3.63) is 41.8 Å². The van der Waals surface area contributed by atoms with E-state index in [4.69, 9.17) is 4.74 Å². The zero-order valence-corrected chi connectivity index (χ0v) is 14.3. The molecule has 3 rings (SSSR count). The van der Waals surface area contributed by atoms with Crippen molar-refractivity contribution in [2.24, 2.45) is 0 Å². The lowest BCUT2D eigenvalue weighted by molar-refractivity contribution is 0.0858. The lowest BCUT2D eigenvalue weighted by Crippen LogP contribution is -2.31. The van der Waals surface area contributed by atoms with Gasteiger partial charge in [-0.05, 0) is 25.0 Å². The molecule has 1 aromatic carbocycles. The van der Waals surface area contributed by atoms with E-state index in [1.165, 1.54) is 0 Å². The van der Waals surface area contributed by atoms with Gasteiger partial charge in [0.15, 0.2) is 17.5 Å². The molecule has 1 amide bonds. The number of anilines is 1. The van der Waals surface area contributed by atoms with Gasteiger partial charge in [0.2, 0.25) is 0 Å². The average molecular weight is 344 g/mol. The van der Waals surface area contributed by atoms with E-state index in [1.807, 2.05) is 0 Å². The summed E-state index contributed by atoms with van der Waals surface area (Å²) in [7, 11) is 3.44. The number of nitrogens with one attached hydrogen (secondary N) is 1. The molecule has 1 aliphatic heterocycles. The van der Waals surface area contributed by atoms with E-state index in [0.29, 0.717) is 17.9 Å². The molecule has 1 aromatic heterocycles. The van der Waals surface area contributed by atoms with Gasteiger partial charge in [0.25, 0.3) is 5.91 Å². The Morgan fingerprint density at radius 1 is 1.36 bits per heavy atom. The van der Waals surface area contributed by atoms with E-state index in [-0.39, 0.29) is 17.8 Å². The van der Waals surface area contributed by atoms with Crippen molar-refractivity contribution in [2.45, 2.75) is 18.9 Å². The number of benzene rings is 1. The molecule has 25 heavy (non-hydrogen) atoms. The van der Waals surface area contributed by atoms with Crippen LogP contribution in [0.3, 0.4) is 0 Å². The van der Waals surface area contributed by atoms with Gasteiger partial charge in [-0.2, -0.15) is 0 Å². The molecule has 0 bridgehead atoms. The highest BCUT2D eigenvalue weighted by Crippen LogP contribution is 2.20. The van der Waals surface area contributed by atoms with Crippen LogP contribution in [0.1, 0.15) is 23.2 Å². The Balaban J connectivity index is 1.69. The number of amides is 1. The second-order valence-electron chi connectivity index (χ2n) is 6.18. The van der Waals surface area contributed by atoms with Gasteiger partial charge in [-0.15, -0.1) is 0 Å². The van der Waals surface area contributed by atoms with E-state index < -0.39 is 5.82 Å². The van der Waals surface area contributed by atoms with E-state index >= 15 is 0 Å². The van der Waals surface area contributed by atoms with Crippen molar-refractivity contribution in [1.29, 1.82) is 0 Å². The Morgan fingerprint density at radius 2 is 2.12 bits per heavy atom. The lowest BCUT2D eigenvalue weighted by Gasteiger charge is -2.13. The molecule has 0 spiro atoms. The Kier molecular flexibility index (Phi) is 5.23. The van der Waals surface area contributed by atoms with Crippen molar-refractivity contribution in [3.8, 4) is 11.4 Å². The standard InChI is InChI=1S/C18H21FN4O2/c1-23(2)17-15(19)11-20-16(22-17)12-5-7-13(8-6-12)18(24)21-10-14-4-3-9-25-14/h5-8,11,14H,3-4,9-10H2,1-2H3,(H,21,24)/t14-/m0/s1. The molecule has 1 fully saturated rings. The summed E-state index contributed by atoms with van der Waals surface area (Å²) in [5, 5.41) is 2.88. The van der Waals surface area contributed by atoms with Crippen LogP contribution in [0.25, 0.3) is 11.4 Å². The Labute approximate surface area is 146 Å². The molecule has 0 unspecified atom stereocenters. The summed E-state index contributed by atoms with van der Waals surface area (Å²) < 4.78 is 19.2. The number of rotatable bonds is 5. The molecule has 6 nitrogen and oxygen atoms in total. The summed E-state index contributed by atoms with van der Waals surface area (Å²) in [6, 6.07) is 6.94. The van der Waals surface area contributed by atoms with Crippen LogP contribution in [0, 0.1) is 5.82 Å². The van der Waals surface area contributed by atoms with Gasteiger partial charge in [-0.1, -0.05) is 12.1 Å². The van der Waals surface area contributed by atoms with Gasteiger partial charge in [0, 0.05) is 38.4 Å². The summed E-state index contributed by atoms with van der Waals surface area (Å²) >= 11 is 0. The summed E-state index contributed by atoms with van der Waals surface area (Å²) in [6.45, 7) is 1.29. The molecule has 2 aromatic rings. The predicted octanol–water partition coefficient (Wildman–Crippen LogP) is 2.26. The molecule has 7 heteroatoms. The first-order valence-corrected chi connectivity index (χ1v) is 8.24. The van der Waals surface area contributed by atoms with Crippen molar-refractivity contribution < 1.29 is 13.9 Å². The van der Waals surface area contributed by atoms with E-state index in [2.05, 4.69) is 15.3 Å². The van der Waals surface area contributed by atoms with Crippen molar-refractivity contribution in [1.82, 2.24) is 15.3 Å². The molecular weight excluding hydrogens is 323 g/mol. The molecule has 0 saturated carbocycles. The van der Waals surface area contributed by atoms with Crippen LogP contribution < -0.4 is 10.2 Å². The molecule has 2 heterocycles. The van der Waals surface area contributed by atoms with Gasteiger partial charge in [0.1, 0.15) is 0 Å². The minimum absolute atomic E-state index is 0.111. The minimum Gasteiger partial charge on any atom is -0.376 e. The minimum atomic E-state index is -0.473. The summed E-state index contributed by atoms with van der Waals surface area (Å²) in [6.07, 6.45) is 3.29. The van der Waals surface area contributed by atoms with E-state index in [1.54, 1.807) is 43.3 Å². The maximum atomic E-state index is 13.7. The fourth-order valence-electron chi connectivity index (χ4n) is 2.70. The van der Waals surface area contributed by atoms with Gasteiger partial charge >= 0.3 is 0 Å². The smallest absolute Gasteiger partial charge is 0.251 e. The summed E-state index contributed by atoms with van der Waals surface area (Å²) in [5.74, 6) is 0.0229. The maximum Gasteiger partial charge on any atom is 0.251 e. The fourth-order valence-corrected chi connectivity index (χ4v) is 2.70. The second-order valence-corrected chi connectivity index (χ2v) is 6.18. The van der Waals surface area contributed by atoms with Crippen LogP contribution in [0.2, 0.25) is 0 Å². The highest BCUT2D eigenvalue weighted by Gasteiger charge is 2.17. The summed E-state index contributed by atoms with van der Waals surface area (Å²) in [5.41, 5.74) is 1.27. The van der Waals surface area contributed by atoms with Gasteiger partial charge in [0.05, 0.1) is 12.3 Å². The Bertz CT molecular complexity index is 743. The maximum absolute atomic E-state index is 13.7. The van der Waals surface area contributed by atoms with Crippen LogP contribution >= 0.6 is 0 Å². The summed E-state index contributed by atoms with van der Waals surface area (Å²) in [4.78, 5) is 22.0. The highest BCUT2D eigenvalue weighted by atomic mass is 19.1. The monoisotopic (exact) mass is 344 g/mol. The van der Waals surface area contributed by atoms with Crippen LogP contribution in [0.4, 0.5) is 10.2 Å².